The van der Waals surface area contributed by atoms with Crippen molar-refractivity contribution < 1.29 is 4.92 Å². The van der Waals surface area contributed by atoms with E-state index in [4.69, 9.17) is 7.85 Å². The van der Waals surface area contributed by atoms with Crippen LogP contribution in [0.1, 0.15) is 5.56 Å². The van der Waals surface area contributed by atoms with Gasteiger partial charge in [0.2, 0.25) is 0 Å². The van der Waals surface area contributed by atoms with Crippen molar-refractivity contribution in [2.24, 2.45) is 0 Å². The first kappa shape index (κ1) is 7.79. The second kappa shape index (κ2) is 2.74. The minimum atomic E-state index is -0.439. The maximum atomic E-state index is 10.3. The lowest BCUT2D eigenvalue weighted by molar-refractivity contribution is -0.385. The molecule has 0 aliphatic carbocycles. The molecule has 0 heterocycles. The van der Waals surface area contributed by atoms with Crippen molar-refractivity contribution in [2.75, 3.05) is 0 Å². The summed E-state index contributed by atoms with van der Waals surface area (Å²) in [7, 11) is 5.45. The Morgan fingerprint density at radius 3 is 2.64 bits per heavy atom. The Bertz CT molecular complexity index is 298. The van der Waals surface area contributed by atoms with E-state index in [1.807, 2.05) is 0 Å². The summed E-state index contributed by atoms with van der Waals surface area (Å²) in [6.07, 6.45) is 0. The number of benzene rings is 1. The third-order valence-electron chi connectivity index (χ3n) is 1.54. The highest BCUT2D eigenvalue weighted by atomic mass is 16.6. The second-order valence-electron chi connectivity index (χ2n) is 2.25. The zero-order valence-electron chi connectivity index (χ0n) is 6.07. The van der Waals surface area contributed by atoms with Crippen LogP contribution in [-0.4, -0.2) is 12.8 Å². The molecule has 0 bridgehead atoms. The molecule has 0 unspecified atom stereocenters. The normalized spacial score (nSPS) is 9.55. The molecular formula is C7H6BNO2. The molecule has 54 valence electrons. The van der Waals surface area contributed by atoms with Crippen LogP contribution >= 0.6 is 0 Å². The van der Waals surface area contributed by atoms with E-state index in [0.717, 1.165) is 0 Å². The molecule has 0 saturated carbocycles. The lowest BCUT2D eigenvalue weighted by Crippen LogP contribution is -2.08. The summed E-state index contributed by atoms with van der Waals surface area (Å²) in [5, 5.41) is 10.3. The van der Waals surface area contributed by atoms with E-state index in [1.54, 1.807) is 19.1 Å². The number of hydrogen-bond donors (Lipinski definition) is 0. The highest BCUT2D eigenvalue weighted by molar-refractivity contribution is 6.33. The minimum Gasteiger partial charge on any atom is -0.258 e. The molecule has 0 aliphatic heterocycles. The Hall–Kier alpha value is -1.32. The monoisotopic (exact) mass is 147 g/mol. The van der Waals surface area contributed by atoms with E-state index in [0.29, 0.717) is 11.0 Å². The molecule has 4 heteroatoms. The smallest absolute Gasteiger partial charge is 0.258 e. The predicted octanol–water partition coefficient (Wildman–Crippen LogP) is 0.697. The van der Waals surface area contributed by atoms with Crippen molar-refractivity contribution in [3.8, 4) is 0 Å². The first-order chi connectivity index (χ1) is 5.13. The standard InChI is InChI=1S/C7H6BNO2/c1-5-6(8)3-2-4-7(5)9(10)11/h2-4H,1H3. The molecule has 3 nitrogen and oxygen atoms in total. The molecule has 0 aliphatic rings. The van der Waals surface area contributed by atoms with E-state index in [1.165, 1.54) is 6.07 Å². The molecular weight excluding hydrogens is 141 g/mol. The van der Waals surface area contributed by atoms with Gasteiger partial charge in [-0.2, -0.15) is 0 Å². The quantitative estimate of drug-likeness (QED) is 0.333. The molecule has 0 atom stereocenters. The molecule has 0 N–H and O–H groups in total. The van der Waals surface area contributed by atoms with Crippen molar-refractivity contribution >= 4 is 19.0 Å². The number of hydrogen-bond acceptors (Lipinski definition) is 2. The van der Waals surface area contributed by atoms with Gasteiger partial charge in [-0.1, -0.05) is 17.6 Å². The Labute approximate surface area is 65.6 Å². The predicted molar refractivity (Wildman–Crippen MR) is 43.2 cm³/mol. The van der Waals surface area contributed by atoms with E-state index >= 15 is 0 Å². The maximum Gasteiger partial charge on any atom is 0.271 e. The van der Waals surface area contributed by atoms with Crippen molar-refractivity contribution in [3.05, 3.63) is 33.9 Å². The van der Waals surface area contributed by atoms with Crippen molar-refractivity contribution in [2.45, 2.75) is 6.92 Å². The molecule has 0 spiro atoms. The summed E-state index contributed by atoms with van der Waals surface area (Å²) in [4.78, 5) is 9.89. The van der Waals surface area contributed by atoms with Crippen LogP contribution in [0.25, 0.3) is 0 Å². The topological polar surface area (TPSA) is 43.1 Å². The Balaban J connectivity index is 3.27. The SMILES string of the molecule is [B]c1cccc([N+](=O)[O-])c1C. The summed E-state index contributed by atoms with van der Waals surface area (Å²) in [5.74, 6) is 0. The molecule has 1 rings (SSSR count). The van der Waals surface area contributed by atoms with Gasteiger partial charge < -0.3 is 0 Å². The fourth-order valence-electron chi connectivity index (χ4n) is 0.839. The zero-order chi connectivity index (χ0) is 8.43. The van der Waals surface area contributed by atoms with Crippen molar-refractivity contribution in [1.29, 1.82) is 0 Å². The molecule has 0 saturated heterocycles. The minimum absolute atomic E-state index is 0.0741. The molecule has 11 heavy (non-hydrogen) atoms. The summed E-state index contributed by atoms with van der Waals surface area (Å²) in [6.45, 7) is 1.63. The number of nitro benzene ring substituents is 1. The van der Waals surface area contributed by atoms with Gasteiger partial charge >= 0.3 is 0 Å². The van der Waals surface area contributed by atoms with Crippen LogP contribution in [0, 0.1) is 17.0 Å². The lowest BCUT2D eigenvalue weighted by Gasteiger charge is -1.99. The zero-order valence-corrected chi connectivity index (χ0v) is 6.07. The average Bonchev–Trinajstić information content (AvgIpc) is 1.94. The number of nitrogens with zero attached hydrogens (tertiary/aromatic N) is 1. The highest BCUT2D eigenvalue weighted by Gasteiger charge is 2.09. The highest BCUT2D eigenvalue weighted by Crippen LogP contribution is 2.13. The largest absolute Gasteiger partial charge is 0.271 e. The average molecular weight is 147 g/mol. The first-order valence-corrected chi connectivity index (χ1v) is 3.12. The van der Waals surface area contributed by atoms with Gasteiger partial charge in [0.05, 0.1) is 4.92 Å². The molecule has 1 aromatic rings. The third kappa shape index (κ3) is 1.39. The van der Waals surface area contributed by atoms with Crippen molar-refractivity contribution in [3.63, 3.8) is 0 Å². The summed E-state index contributed by atoms with van der Waals surface area (Å²) >= 11 is 0. The maximum absolute atomic E-state index is 10.3. The molecule has 2 radical (unpaired) electrons. The van der Waals surface area contributed by atoms with Crippen LogP contribution < -0.4 is 5.46 Å². The van der Waals surface area contributed by atoms with Crippen LogP contribution in [0.3, 0.4) is 0 Å². The molecule has 0 fully saturated rings. The van der Waals surface area contributed by atoms with Crippen LogP contribution in [0.15, 0.2) is 18.2 Å². The van der Waals surface area contributed by atoms with Crippen LogP contribution in [-0.2, 0) is 0 Å². The van der Waals surface area contributed by atoms with E-state index < -0.39 is 4.92 Å². The van der Waals surface area contributed by atoms with Gasteiger partial charge in [-0.3, -0.25) is 10.1 Å². The molecule has 1 aromatic carbocycles. The number of rotatable bonds is 1. The first-order valence-electron chi connectivity index (χ1n) is 3.12. The van der Waals surface area contributed by atoms with Crippen LogP contribution in [0.4, 0.5) is 5.69 Å². The van der Waals surface area contributed by atoms with Gasteiger partial charge in [0.25, 0.3) is 5.69 Å². The third-order valence-corrected chi connectivity index (χ3v) is 1.54. The fraction of sp³-hybridized carbons (Fsp3) is 0.143. The Kier molecular flexibility index (Phi) is 1.94. The summed E-state index contributed by atoms with van der Waals surface area (Å²) in [5.41, 5.74) is 1.06. The number of nitro groups is 1. The summed E-state index contributed by atoms with van der Waals surface area (Å²) in [6, 6.07) is 4.65. The van der Waals surface area contributed by atoms with Gasteiger partial charge in [-0.15, -0.1) is 0 Å². The van der Waals surface area contributed by atoms with Crippen molar-refractivity contribution in [1.82, 2.24) is 0 Å². The van der Waals surface area contributed by atoms with E-state index in [9.17, 15) is 10.1 Å². The molecule has 0 aromatic heterocycles. The Morgan fingerprint density at radius 1 is 1.55 bits per heavy atom. The van der Waals surface area contributed by atoms with Gasteiger partial charge in [0.1, 0.15) is 7.85 Å². The second-order valence-corrected chi connectivity index (χ2v) is 2.25. The van der Waals surface area contributed by atoms with Crippen LogP contribution in [0.5, 0.6) is 0 Å². The van der Waals surface area contributed by atoms with Crippen LogP contribution in [0.2, 0.25) is 0 Å². The van der Waals surface area contributed by atoms with Gasteiger partial charge in [-0.25, -0.2) is 0 Å². The van der Waals surface area contributed by atoms with Gasteiger partial charge in [0, 0.05) is 11.6 Å². The van der Waals surface area contributed by atoms with Gasteiger partial charge in [0.15, 0.2) is 0 Å². The molecule has 0 amide bonds. The summed E-state index contributed by atoms with van der Waals surface area (Å²) < 4.78 is 0. The fourth-order valence-corrected chi connectivity index (χ4v) is 0.839. The van der Waals surface area contributed by atoms with Gasteiger partial charge in [-0.05, 0) is 6.92 Å². The van der Waals surface area contributed by atoms with E-state index in [2.05, 4.69) is 0 Å². The Morgan fingerprint density at radius 2 is 2.18 bits per heavy atom. The van der Waals surface area contributed by atoms with E-state index in [-0.39, 0.29) is 5.69 Å². The lowest BCUT2D eigenvalue weighted by atomic mass is 9.90.